The van der Waals surface area contributed by atoms with Gasteiger partial charge in [-0.15, -0.1) is 0 Å². The summed E-state index contributed by atoms with van der Waals surface area (Å²) in [6.45, 7) is 8.26. The Labute approximate surface area is 132 Å². The van der Waals surface area contributed by atoms with Crippen molar-refractivity contribution in [1.82, 2.24) is 0 Å². The molecule has 22 heavy (non-hydrogen) atoms. The first-order chi connectivity index (χ1) is 10.3. The molecule has 0 spiro atoms. The second-order valence-corrected chi connectivity index (χ2v) is 7.28. The van der Waals surface area contributed by atoms with Gasteiger partial charge in [0.2, 0.25) is 0 Å². The SMILES string of the molecule is CCCc1cc(O)c2c(c1)OC(C)(C)[C@@H]1C[C@H](O)C(C)=C[C@@H]21. The summed E-state index contributed by atoms with van der Waals surface area (Å²) < 4.78 is 6.24. The molecule has 3 nitrogen and oxygen atoms in total. The van der Waals surface area contributed by atoms with Crippen LogP contribution in [0.3, 0.4) is 0 Å². The molecule has 1 aromatic carbocycles. The van der Waals surface area contributed by atoms with E-state index in [1.807, 2.05) is 13.0 Å². The van der Waals surface area contributed by atoms with Crippen molar-refractivity contribution in [2.45, 2.75) is 64.6 Å². The van der Waals surface area contributed by atoms with Crippen LogP contribution in [0, 0.1) is 5.92 Å². The molecule has 1 heterocycles. The number of aryl methyl sites for hydroxylation is 1. The van der Waals surface area contributed by atoms with Crippen LogP contribution in [-0.4, -0.2) is 21.9 Å². The monoisotopic (exact) mass is 302 g/mol. The van der Waals surface area contributed by atoms with Crippen molar-refractivity contribution >= 4 is 0 Å². The molecule has 3 rings (SSSR count). The quantitative estimate of drug-likeness (QED) is 0.814. The van der Waals surface area contributed by atoms with Crippen LogP contribution in [0.1, 0.15) is 57.6 Å². The number of aliphatic hydroxyl groups excluding tert-OH is 1. The van der Waals surface area contributed by atoms with Gasteiger partial charge in [-0.1, -0.05) is 19.4 Å². The smallest absolute Gasteiger partial charge is 0.127 e. The maximum absolute atomic E-state index is 10.6. The molecule has 0 amide bonds. The van der Waals surface area contributed by atoms with Crippen LogP contribution in [0.2, 0.25) is 0 Å². The number of ether oxygens (including phenoxy) is 1. The molecule has 0 bridgehead atoms. The van der Waals surface area contributed by atoms with Gasteiger partial charge in [-0.25, -0.2) is 0 Å². The first-order valence-electron chi connectivity index (χ1n) is 8.24. The van der Waals surface area contributed by atoms with Crippen LogP contribution in [0.25, 0.3) is 0 Å². The Kier molecular flexibility index (Phi) is 3.72. The summed E-state index contributed by atoms with van der Waals surface area (Å²) in [7, 11) is 0. The molecule has 0 unspecified atom stereocenters. The van der Waals surface area contributed by atoms with E-state index < -0.39 is 6.10 Å². The van der Waals surface area contributed by atoms with Gasteiger partial charge < -0.3 is 14.9 Å². The van der Waals surface area contributed by atoms with E-state index in [0.717, 1.165) is 35.3 Å². The molecule has 1 aliphatic carbocycles. The summed E-state index contributed by atoms with van der Waals surface area (Å²) in [5.41, 5.74) is 2.63. The van der Waals surface area contributed by atoms with Gasteiger partial charge >= 0.3 is 0 Å². The van der Waals surface area contributed by atoms with Gasteiger partial charge in [-0.3, -0.25) is 0 Å². The zero-order valence-corrected chi connectivity index (χ0v) is 13.9. The lowest BCUT2D eigenvalue weighted by atomic mass is 9.67. The van der Waals surface area contributed by atoms with Crippen LogP contribution in [-0.2, 0) is 6.42 Å². The lowest BCUT2D eigenvalue weighted by molar-refractivity contribution is -0.00919. The third-order valence-electron chi connectivity index (χ3n) is 5.20. The van der Waals surface area contributed by atoms with Gasteiger partial charge in [-0.2, -0.15) is 0 Å². The molecule has 2 N–H and O–H groups in total. The lowest BCUT2D eigenvalue weighted by Crippen LogP contribution is -2.47. The number of aromatic hydroxyl groups is 1. The summed E-state index contributed by atoms with van der Waals surface area (Å²) in [6, 6.07) is 3.94. The molecular weight excluding hydrogens is 276 g/mol. The Hall–Kier alpha value is -1.48. The standard InChI is InChI=1S/C19H26O3/c1-5-6-12-8-16(21)18-13-7-11(2)15(20)10-14(13)19(3,4)22-17(18)9-12/h7-9,13-15,20-21H,5-6,10H2,1-4H3/t13-,14-,15+/m1/s1. The highest BCUT2D eigenvalue weighted by Gasteiger charge is 2.47. The van der Waals surface area contributed by atoms with E-state index in [1.54, 1.807) is 0 Å². The highest BCUT2D eigenvalue weighted by molar-refractivity contribution is 5.54. The highest BCUT2D eigenvalue weighted by Crippen LogP contribution is 2.53. The van der Waals surface area contributed by atoms with Crippen molar-refractivity contribution in [2.75, 3.05) is 0 Å². The lowest BCUT2D eigenvalue weighted by Gasteiger charge is -2.47. The van der Waals surface area contributed by atoms with Crippen molar-refractivity contribution < 1.29 is 14.9 Å². The summed E-state index contributed by atoms with van der Waals surface area (Å²) >= 11 is 0. The van der Waals surface area contributed by atoms with Crippen molar-refractivity contribution in [2.24, 2.45) is 5.92 Å². The van der Waals surface area contributed by atoms with Crippen molar-refractivity contribution in [3.8, 4) is 11.5 Å². The molecule has 120 valence electrons. The van der Waals surface area contributed by atoms with Gasteiger partial charge in [0, 0.05) is 17.4 Å². The topological polar surface area (TPSA) is 49.7 Å². The average molecular weight is 302 g/mol. The van der Waals surface area contributed by atoms with E-state index in [9.17, 15) is 10.2 Å². The van der Waals surface area contributed by atoms with Crippen LogP contribution in [0.15, 0.2) is 23.8 Å². The summed E-state index contributed by atoms with van der Waals surface area (Å²) in [5.74, 6) is 1.40. The number of allylic oxidation sites excluding steroid dienone is 1. The summed E-state index contributed by atoms with van der Waals surface area (Å²) in [5, 5.41) is 20.7. The number of aliphatic hydroxyl groups is 1. The van der Waals surface area contributed by atoms with Gasteiger partial charge in [0.05, 0.1) is 6.10 Å². The Balaban J connectivity index is 2.14. The zero-order valence-electron chi connectivity index (χ0n) is 13.9. The largest absolute Gasteiger partial charge is 0.507 e. The fourth-order valence-electron chi connectivity index (χ4n) is 3.96. The van der Waals surface area contributed by atoms with Crippen molar-refractivity contribution in [3.05, 3.63) is 34.9 Å². The maximum atomic E-state index is 10.6. The minimum Gasteiger partial charge on any atom is -0.507 e. The number of rotatable bonds is 2. The number of fused-ring (bicyclic) bond motifs is 3. The Morgan fingerprint density at radius 2 is 2.05 bits per heavy atom. The summed E-state index contributed by atoms with van der Waals surface area (Å²) in [6.07, 6.45) is 4.36. The second kappa shape index (κ2) is 5.31. The average Bonchev–Trinajstić information content (AvgIpc) is 2.40. The molecule has 2 aliphatic rings. The van der Waals surface area contributed by atoms with Crippen LogP contribution < -0.4 is 4.74 Å². The van der Waals surface area contributed by atoms with Gasteiger partial charge in [-0.05, 0) is 56.9 Å². The Morgan fingerprint density at radius 1 is 1.32 bits per heavy atom. The van der Waals surface area contributed by atoms with Gasteiger partial charge in [0.25, 0.3) is 0 Å². The van der Waals surface area contributed by atoms with Crippen LogP contribution in [0.5, 0.6) is 11.5 Å². The molecule has 0 saturated carbocycles. The highest BCUT2D eigenvalue weighted by atomic mass is 16.5. The first kappa shape index (κ1) is 15.4. The Bertz CT molecular complexity index is 615. The van der Waals surface area contributed by atoms with E-state index in [2.05, 4.69) is 32.9 Å². The molecule has 3 atom stereocenters. The Morgan fingerprint density at radius 3 is 2.73 bits per heavy atom. The second-order valence-electron chi connectivity index (χ2n) is 7.28. The van der Waals surface area contributed by atoms with Crippen molar-refractivity contribution in [3.63, 3.8) is 0 Å². The van der Waals surface area contributed by atoms with E-state index in [4.69, 9.17) is 4.74 Å². The fraction of sp³-hybridized carbons (Fsp3) is 0.579. The van der Waals surface area contributed by atoms with Crippen LogP contribution in [0.4, 0.5) is 0 Å². The fourth-order valence-corrected chi connectivity index (χ4v) is 3.96. The number of benzene rings is 1. The zero-order chi connectivity index (χ0) is 16.1. The third-order valence-corrected chi connectivity index (χ3v) is 5.20. The molecule has 0 saturated heterocycles. The first-order valence-corrected chi connectivity index (χ1v) is 8.24. The predicted octanol–water partition coefficient (Wildman–Crippen LogP) is 3.93. The van der Waals surface area contributed by atoms with Gasteiger partial charge in [0.15, 0.2) is 0 Å². The van der Waals surface area contributed by atoms with E-state index in [0.29, 0.717) is 12.2 Å². The summed E-state index contributed by atoms with van der Waals surface area (Å²) in [4.78, 5) is 0. The molecule has 0 radical (unpaired) electrons. The molecule has 1 aromatic rings. The minimum atomic E-state index is -0.410. The van der Waals surface area contributed by atoms with E-state index in [1.165, 1.54) is 0 Å². The normalized spacial score (nSPS) is 29.1. The van der Waals surface area contributed by atoms with Gasteiger partial charge in [0.1, 0.15) is 17.1 Å². The van der Waals surface area contributed by atoms with Crippen LogP contribution >= 0.6 is 0 Å². The molecule has 3 heteroatoms. The number of hydrogen-bond acceptors (Lipinski definition) is 3. The van der Waals surface area contributed by atoms with Crippen molar-refractivity contribution in [1.29, 1.82) is 0 Å². The van der Waals surface area contributed by atoms with E-state index >= 15 is 0 Å². The predicted molar refractivity (Wildman–Crippen MR) is 87.4 cm³/mol. The minimum absolute atomic E-state index is 0.109. The molecule has 1 aliphatic heterocycles. The molecule has 0 fully saturated rings. The number of phenolic OH excluding ortho intramolecular Hbond substituents is 1. The molecular formula is C19H26O3. The molecule has 0 aromatic heterocycles. The number of hydrogen-bond donors (Lipinski definition) is 2. The van der Waals surface area contributed by atoms with E-state index in [-0.39, 0.29) is 17.4 Å². The maximum Gasteiger partial charge on any atom is 0.127 e. The number of phenols is 1. The third kappa shape index (κ3) is 2.41.